The standard InChI is InChI=1S/C27H26N2O3S/c1-27(2)13-18-21(19(30)14-27)20(15-9-11-17(32-3)12-10-15)22-23(28)25(33-26(22)29-18)24(31)16-7-5-4-6-8-16/h4-12,20,29H,13-14,28H2,1-3H3/t20-/m0/s1. The lowest BCUT2D eigenvalue weighted by atomic mass is 9.69. The Kier molecular flexibility index (Phi) is 5.13. The number of carbonyl (C=O) groups is 2. The molecule has 5 rings (SSSR count). The number of methoxy groups -OCH3 is 1. The molecule has 3 aromatic rings. The number of nitrogens with one attached hydrogen (secondary N) is 1. The SMILES string of the molecule is COc1ccc([C@H]2C3=C(CC(C)(C)CC3=O)Nc3sc(C(=O)c4ccccc4)c(N)c32)cc1. The molecule has 0 saturated carbocycles. The Hall–Kier alpha value is -3.38. The first-order valence-corrected chi connectivity index (χ1v) is 11.8. The van der Waals surface area contributed by atoms with E-state index < -0.39 is 0 Å². The molecule has 2 aromatic carbocycles. The van der Waals surface area contributed by atoms with Crippen molar-refractivity contribution in [3.05, 3.63) is 87.4 Å². The average Bonchev–Trinajstić information content (AvgIpc) is 3.13. The van der Waals surface area contributed by atoms with Crippen LogP contribution in [-0.4, -0.2) is 18.7 Å². The summed E-state index contributed by atoms with van der Waals surface area (Å²) in [5.41, 5.74) is 11.0. The molecule has 1 atom stereocenters. The van der Waals surface area contributed by atoms with Gasteiger partial charge in [-0.3, -0.25) is 9.59 Å². The minimum absolute atomic E-state index is 0.104. The molecular weight excluding hydrogens is 432 g/mol. The average molecular weight is 459 g/mol. The summed E-state index contributed by atoms with van der Waals surface area (Å²) in [5.74, 6) is 0.449. The second-order valence-electron chi connectivity index (χ2n) is 9.45. The molecule has 0 spiro atoms. The topological polar surface area (TPSA) is 81.4 Å². The van der Waals surface area contributed by atoms with Gasteiger partial charge in [-0.2, -0.15) is 0 Å². The first-order chi connectivity index (χ1) is 15.8. The fraction of sp³-hybridized carbons (Fsp3) is 0.259. The lowest BCUT2D eigenvalue weighted by Gasteiger charge is -2.38. The van der Waals surface area contributed by atoms with Crippen LogP contribution in [0.25, 0.3) is 0 Å². The predicted octanol–water partition coefficient (Wildman–Crippen LogP) is 5.77. The number of Topliss-reactive ketones (excluding diaryl/α,β-unsaturated/α-hetero) is 1. The Balaban J connectivity index is 1.68. The molecule has 33 heavy (non-hydrogen) atoms. The van der Waals surface area contributed by atoms with Gasteiger partial charge in [0.15, 0.2) is 5.78 Å². The third-order valence-corrected chi connectivity index (χ3v) is 7.57. The number of benzene rings is 2. The van der Waals surface area contributed by atoms with Crippen LogP contribution in [0.3, 0.4) is 0 Å². The minimum Gasteiger partial charge on any atom is -0.497 e. The minimum atomic E-state index is -0.320. The van der Waals surface area contributed by atoms with E-state index in [9.17, 15) is 9.59 Å². The number of allylic oxidation sites excluding steroid dienone is 2. The van der Waals surface area contributed by atoms with E-state index >= 15 is 0 Å². The number of rotatable bonds is 4. The zero-order valence-corrected chi connectivity index (χ0v) is 19.7. The van der Waals surface area contributed by atoms with E-state index in [2.05, 4.69) is 19.2 Å². The van der Waals surface area contributed by atoms with Gasteiger partial charge >= 0.3 is 0 Å². The summed E-state index contributed by atoms with van der Waals surface area (Å²) < 4.78 is 5.33. The lowest BCUT2D eigenvalue weighted by Crippen LogP contribution is -2.33. The molecule has 1 aliphatic carbocycles. The second-order valence-corrected chi connectivity index (χ2v) is 10.5. The van der Waals surface area contributed by atoms with Crippen molar-refractivity contribution < 1.29 is 14.3 Å². The maximum absolute atomic E-state index is 13.4. The third kappa shape index (κ3) is 3.64. The van der Waals surface area contributed by atoms with Crippen molar-refractivity contribution in [1.82, 2.24) is 0 Å². The summed E-state index contributed by atoms with van der Waals surface area (Å²) in [7, 11) is 1.63. The summed E-state index contributed by atoms with van der Waals surface area (Å²) in [6.45, 7) is 4.23. The van der Waals surface area contributed by atoms with Crippen molar-refractivity contribution in [2.24, 2.45) is 5.41 Å². The molecule has 0 unspecified atom stereocenters. The van der Waals surface area contributed by atoms with Crippen molar-refractivity contribution in [1.29, 1.82) is 0 Å². The van der Waals surface area contributed by atoms with Crippen LogP contribution in [0.15, 0.2) is 65.9 Å². The van der Waals surface area contributed by atoms with Crippen LogP contribution >= 0.6 is 11.3 Å². The highest BCUT2D eigenvalue weighted by Crippen LogP contribution is 2.54. The zero-order chi connectivity index (χ0) is 23.3. The quantitative estimate of drug-likeness (QED) is 0.485. The van der Waals surface area contributed by atoms with Gasteiger partial charge in [0.25, 0.3) is 0 Å². The number of thiophene rings is 1. The van der Waals surface area contributed by atoms with Crippen LogP contribution in [0.1, 0.15) is 59.0 Å². The number of hydrogen-bond donors (Lipinski definition) is 2. The lowest BCUT2D eigenvalue weighted by molar-refractivity contribution is -0.118. The second kappa shape index (κ2) is 7.89. The van der Waals surface area contributed by atoms with Crippen molar-refractivity contribution >= 4 is 33.6 Å². The molecule has 1 aliphatic heterocycles. The van der Waals surface area contributed by atoms with E-state index in [4.69, 9.17) is 10.5 Å². The van der Waals surface area contributed by atoms with Crippen molar-refractivity contribution in [2.45, 2.75) is 32.6 Å². The number of carbonyl (C=O) groups excluding carboxylic acids is 2. The molecule has 1 aromatic heterocycles. The highest BCUT2D eigenvalue weighted by molar-refractivity contribution is 7.19. The van der Waals surface area contributed by atoms with Crippen molar-refractivity contribution in [3.8, 4) is 5.75 Å². The zero-order valence-electron chi connectivity index (χ0n) is 18.9. The number of ether oxygens (including phenoxy) is 1. The fourth-order valence-electron chi connectivity index (χ4n) is 4.92. The molecule has 0 radical (unpaired) electrons. The Morgan fingerprint density at radius 3 is 2.45 bits per heavy atom. The van der Waals surface area contributed by atoms with E-state index in [1.807, 2.05) is 42.5 Å². The van der Waals surface area contributed by atoms with Gasteiger partial charge in [0.2, 0.25) is 5.78 Å². The Morgan fingerprint density at radius 1 is 1.09 bits per heavy atom. The Labute approximate surface area is 197 Å². The largest absolute Gasteiger partial charge is 0.497 e. The first kappa shape index (κ1) is 21.5. The van der Waals surface area contributed by atoms with Gasteiger partial charge in [0, 0.05) is 34.7 Å². The summed E-state index contributed by atoms with van der Waals surface area (Å²) in [6.07, 6.45) is 1.25. The Bertz CT molecular complexity index is 1290. The normalized spacial score (nSPS) is 18.9. The first-order valence-electron chi connectivity index (χ1n) is 11.0. The molecule has 6 heteroatoms. The molecule has 168 valence electrons. The van der Waals surface area contributed by atoms with Gasteiger partial charge in [-0.25, -0.2) is 0 Å². The van der Waals surface area contributed by atoms with E-state index in [1.54, 1.807) is 19.2 Å². The molecule has 0 amide bonds. The van der Waals surface area contributed by atoms with Crippen molar-refractivity contribution in [3.63, 3.8) is 0 Å². The fourth-order valence-corrected chi connectivity index (χ4v) is 6.06. The smallest absolute Gasteiger partial charge is 0.205 e. The number of nitrogens with two attached hydrogens (primary N) is 1. The number of anilines is 2. The monoisotopic (exact) mass is 458 g/mol. The van der Waals surface area contributed by atoms with E-state index in [0.717, 1.165) is 39.6 Å². The van der Waals surface area contributed by atoms with Crippen LogP contribution in [0.5, 0.6) is 5.75 Å². The van der Waals surface area contributed by atoms with Crippen molar-refractivity contribution in [2.75, 3.05) is 18.2 Å². The van der Waals surface area contributed by atoms with Crippen LogP contribution < -0.4 is 15.8 Å². The highest BCUT2D eigenvalue weighted by Gasteiger charge is 2.43. The van der Waals surface area contributed by atoms with Gasteiger partial charge in [-0.1, -0.05) is 56.3 Å². The number of hydrogen-bond acceptors (Lipinski definition) is 6. The summed E-state index contributed by atoms with van der Waals surface area (Å²) in [5, 5.41) is 4.34. The van der Waals surface area contributed by atoms with Crippen LogP contribution in [0.2, 0.25) is 0 Å². The molecule has 3 N–H and O–H groups in total. The molecule has 0 fully saturated rings. The molecular formula is C27H26N2O3S. The van der Waals surface area contributed by atoms with Crippen LogP contribution in [0.4, 0.5) is 10.7 Å². The highest BCUT2D eigenvalue weighted by atomic mass is 32.1. The van der Waals surface area contributed by atoms with Gasteiger partial charge in [-0.05, 0) is 29.5 Å². The van der Waals surface area contributed by atoms with Gasteiger partial charge in [0.1, 0.15) is 10.6 Å². The van der Waals surface area contributed by atoms with E-state index in [1.165, 1.54) is 11.3 Å². The summed E-state index contributed by atoms with van der Waals surface area (Å²) >= 11 is 1.37. The molecule has 5 nitrogen and oxygen atoms in total. The van der Waals surface area contributed by atoms with Crippen LogP contribution in [0, 0.1) is 5.41 Å². The summed E-state index contributed by atoms with van der Waals surface area (Å²) in [6, 6.07) is 16.9. The predicted molar refractivity (Wildman–Crippen MR) is 132 cm³/mol. The van der Waals surface area contributed by atoms with Gasteiger partial charge < -0.3 is 15.8 Å². The summed E-state index contributed by atoms with van der Waals surface area (Å²) in [4.78, 5) is 27.2. The maximum Gasteiger partial charge on any atom is 0.205 e. The van der Waals surface area contributed by atoms with E-state index in [-0.39, 0.29) is 22.9 Å². The molecule has 0 bridgehead atoms. The van der Waals surface area contributed by atoms with Gasteiger partial charge in [-0.15, -0.1) is 11.3 Å². The molecule has 0 saturated heterocycles. The Morgan fingerprint density at radius 2 is 1.79 bits per heavy atom. The molecule has 2 aliphatic rings. The van der Waals surface area contributed by atoms with E-state index in [0.29, 0.717) is 22.5 Å². The number of ketones is 2. The number of fused-ring (bicyclic) bond motifs is 1. The molecule has 2 heterocycles. The third-order valence-electron chi connectivity index (χ3n) is 6.44. The van der Waals surface area contributed by atoms with Crippen LogP contribution in [-0.2, 0) is 4.79 Å². The maximum atomic E-state index is 13.4. The van der Waals surface area contributed by atoms with Gasteiger partial charge in [0.05, 0.1) is 17.8 Å². The number of nitrogen functional groups attached to an aromatic ring is 1.